The number of furan rings is 1. The van der Waals surface area contributed by atoms with Gasteiger partial charge in [0.05, 0.1) is 16.0 Å². The number of benzene rings is 1. The van der Waals surface area contributed by atoms with Gasteiger partial charge in [-0.3, -0.25) is 4.79 Å². The van der Waals surface area contributed by atoms with Crippen molar-refractivity contribution >= 4 is 57.3 Å². The molecule has 1 aromatic carbocycles. The minimum atomic E-state index is -0.443. The van der Waals surface area contributed by atoms with Crippen molar-refractivity contribution in [1.29, 1.82) is 0 Å². The van der Waals surface area contributed by atoms with Crippen LogP contribution in [0.1, 0.15) is 16.1 Å². The number of phenolic OH excluding ortho intramolecular Hbond substituents is 1. The molecule has 0 bridgehead atoms. The minimum absolute atomic E-state index is 0.136. The second kappa shape index (κ2) is 6.37. The third-order valence-electron chi connectivity index (χ3n) is 2.17. The largest absolute Gasteiger partial charge is 0.506 e. The fourth-order valence-corrected chi connectivity index (χ4v) is 3.20. The maximum atomic E-state index is 11.5. The lowest BCUT2D eigenvalue weighted by molar-refractivity contribution is 0.0927. The number of phenols is 1. The van der Waals surface area contributed by atoms with Gasteiger partial charge in [0.1, 0.15) is 5.75 Å². The molecular formula is C12H8I2N2O3. The Balaban J connectivity index is 2.09. The molecule has 19 heavy (non-hydrogen) atoms. The number of rotatable bonds is 3. The molecule has 0 radical (unpaired) electrons. The highest BCUT2D eigenvalue weighted by Gasteiger charge is 2.07. The van der Waals surface area contributed by atoms with Crippen molar-refractivity contribution in [2.45, 2.75) is 0 Å². The van der Waals surface area contributed by atoms with Crippen LogP contribution in [0, 0.1) is 7.14 Å². The quantitative estimate of drug-likeness (QED) is 0.402. The second-order valence-corrected chi connectivity index (χ2v) is 5.91. The van der Waals surface area contributed by atoms with Gasteiger partial charge >= 0.3 is 5.91 Å². The first kappa shape index (κ1) is 14.3. The number of carbonyl (C=O) groups excluding carboxylic acids is 1. The number of halogens is 2. The van der Waals surface area contributed by atoms with E-state index < -0.39 is 5.91 Å². The summed E-state index contributed by atoms with van der Waals surface area (Å²) in [5.74, 6) is -0.128. The van der Waals surface area contributed by atoms with Crippen LogP contribution in [0.5, 0.6) is 5.75 Å². The van der Waals surface area contributed by atoms with Crippen molar-refractivity contribution in [2.75, 3.05) is 0 Å². The van der Waals surface area contributed by atoms with Crippen LogP contribution >= 0.6 is 45.2 Å². The average Bonchev–Trinajstić information content (AvgIpc) is 2.88. The maximum absolute atomic E-state index is 11.5. The smallest absolute Gasteiger partial charge is 0.307 e. The summed E-state index contributed by atoms with van der Waals surface area (Å²) in [5, 5.41) is 13.6. The van der Waals surface area contributed by atoms with E-state index in [1.807, 2.05) is 28.7 Å². The highest BCUT2D eigenvalue weighted by molar-refractivity contribution is 14.1. The summed E-state index contributed by atoms with van der Waals surface area (Å²) in [7, 11) is 0. The Morgan fingerprint density at radius 1 is 1.42 bits per heavy atom. The van der Waals surface area contributed by atoms with E-state index in [2.05, 4.69) is 33.1 Å². The molecule has 0 unspecified atom stereocenters. The number of hydrogen-bond acceptors (Lipinski definition) is 4. The van der Waals surface area contributed by atoms with Crippen LogP contribution in [0.2, 0.25) is 0 Å². The van der Waals surface area contributed by atoms with Gasteiger partial charge in [-0.2, -0.15) is 5.10 Å². The third kappa shape index (κ3) is 3.69. The molecule has 98 valence electrons. The molecule has 5 nitrogen and oxygen atoms in total. The lowest BCUT2D eigenvalue weighted by Crippen LogP contribution is -2.16. The molecule has 1 aromatic heterocycles. The lowest BCUT2D eigenvalue weighted by atomic mass is 10.2. The van der Waals surface area contributed by atoms with Crippen LogP contribution in [0.4, 0.5) is 0 Å². The van der Waals surface area contributed by atoms with E-state index in [-0.39, 0.29) is 11.5 Å². The van der Waals surface area contributed by atoms with Gasteiger partial charge < -0.3 is 9.52 Å². The predicted octanol–water partition coefficient (Wildman–Crippen LogP) is 2.96. The molecule has 0 aliphatic rings. The number of amides is 1. The molecule has 2 rings (SSSR count). The van der Waals surface area contributed by atoms with Gasteiger partial charge in [0, 0.05) is 9.13 Å². The number of carbonyl (C=O) groups is 1. The first-order valence-corrected chi connectivity index (χ1v) is 7.28. The number of nitrogens with one attached hydrogen (secondary N) is 1. The van der Waals surface area contributed by atoms with Gasteiger partial charge in [-0.05, 0) is 69.4 Å². The molecule has 0 saturated carbocycles. The number of hydrazone groups is 1. The van der Waals surface area contributed by atoms with Crippen LogP contribution < -0.4 is 5.43 Å². The van der Waals surface area contributed by atoms with Crippen LogP contribution in [-0.4, -0.2) is 17.2 Å². The molecule has 1 heterocycles. The van der Waals surface area contributed by atoms with Gasteiger partial charge in [0.25, 0.3) is 0 Å². The zero-order valence-corrected chi connectivity index (χ0v) is 13.7. The van der Waals surface area contributed by atoms with Crippen molar-refractivity contribution < 1.29 is 14.3 Å². The Morgan fingerprint density at radius 2 is 2.21 bits per heavy atom. The van der Waals surface area contributed by atoms with Gasteiger partial charge in [0.2, 0.25) is 0 Å². The van der Waals surface area contributed by atoms with E-state index in [1.54, 1.807) is 12.1 Å². The fraction of sp³-hybridized carbons (Fsp3) is 0. The van der Waals surface area contributed by atoms with Gasteiger partial charge in [-0.25, -0.2) is 5.43 Å². The summed E-state index contributed by atoms with van der Waals surface area (Å²) in [6.45, 7) is 0. The van der Waals surface area contributed by atoms with E-state index in [9.17, 15) is 9.90 Å². The van der Waals surface area contributed by atoms with Gasteiger partial charge in [-0.1, -0.05) is 0 Å². The molecule has 7 heteroatoms. The fourth-order valence-electron chi connectivity index (χ4n) is 1.31. The summed E-state index contributed by atoms with van der Waals surface area (Å²) in [5.41, 5.74) is 2.86. The molecule has 0 spiro atoms. The van der Waals surface area contributed by atoms with E-state index in [0.29, 0.717) is 5.56 Å². The van der Waals surface area contributed by atoms with Crippen molar-refractivity contribution in [3.8, 4) is 5.75 Å². The molecule has 1 amide bonds. The molecule has 2 aromatic rings. The Hall–Kier alpha value is -1.10. The standard InChI is InChI=1S/C12H8I2N2O3/c13-8-4-7(11(17)9(14)5-8)6-15-16-12(18)10-2-1-3-19-10/h1-6,17H,(H,16,18)/b15-6-. The monoisotopic (exact) mass is 482 g/mol. The Kier molecular flexibility index (Phi) is 4.80. The summed E-state index contributed by atoms with van der Waals surface area (Å²) in [4.78, 5) is 11.5. The van der Waals surface area contributed by atoms with E-state index in [1.165, 1.54) is 18.5 Å². The van der Waals surface area contributed by atoms with Crippen LogP contribution in [0.15, 0.2) is 40.0 Å². The lowest BCUT2D eigenvalue weighted by Gasteiger charge is -2.02. The Morgan fingerprint density at radius 3 is 2.89 bits per heavy atom. The summed E-state index contributed by atoms with van der Waals surface area (Å²) < 4.78 is 6.62. The number of aromatic hydroxyl groups is 1. The first-order valence-electron chi connectivity index (χ1n) is 5.13. The van der Waals surface area contributed by atoms with Crippen LogP contribution in [-0.2, 0) is 0 Å². The molecule has 0 saturated heterocycles. The third-order valence-corrected chi connectivity index (χ3v) is 3.62. The van der Waals surface area contributed by atoms with Crippen molar-refractivity contribution in [3.05, 3.63) is 49.0 Å². The van der Waals surface area contributed by atoms with E-state index >= 15 is 0 Å². The molecule has 0 aliphatic carbocycles. The van der Waals surface area contributed by atoms with Crippen molar-refractivity contribution in [1.82, 2.24) is 5.43 Å². The normalized spacial score (nSPS) is 10.8. The van der Waals surface area contributed by atoms with Gasteiger partial charge in [0.15, 0.2) is 5.76 Å². The van der Waals surface area contributed by atoms with Crippen LogP contribution in [0.25, 0.3) is 0 Å². The zero-order valence-electron chi connectivity index (χ0n) is 9.43. The Labute approximate surface area is 136 Å². The molecule has 0 aliphatic heterocycles. The van der Waals surface area contributed by atoms with Crippen molar-refractivity contribution in [3.63, 3.8) is 0 Å². The second-order valence-electron chi connectivity index (χ2n) is 3.50. The maximum Gasteiger partial charge on any atom is 0.307 e. The van der Waals surface area contributed by atoms with Crippen LogP contribution in [0.3, 0.4) is 0 Å². The molecular weight excluding hydrogens is 474 g/mol. The topological polar surface area (TPSA) is 74.8 Å². The summed E-state index contributed by atoms with van der Waals surface area (Å²) in [6, 6.07) is 6.76. The van der Waals surface area contributed by atoms with Gasteiger partial charge in [-0.15, -0.1) is 0 Å². The highest BCUT2D eigenvalue weighted by atomic mass is 127. The van der Waals surface area contributed by atoms with E-state index in [0.717, 1.165) is 7.14 Å². The Bertz CT molecular complexity index is 624. The molecule has 0 fully saturated rings. The predicted molar refractivity (Wildman–Crippen MR) is 87.3 cm³/mol. The summed E-state index contributed by atoms with van der Waals surface area (Å²) >= 11 is 4.17. The number of hydrogen-bond donors (Lipinski definition) is 2. The SMILES string of the molecule is O=C(N/N=C\c1cc(I)cc(I)c1O)c1ccco1. The number of nitrogens with zero attached hydrogens (tertiary/aromatic N) is 1. The first-order chi connectivity index (χ1) is 9.08. The average molecular weight is 482 g/mol. The molecule has 0 atom stereocenters. The minimum Gasteiger partial charge on any atom is -0.506 e. The molecule has 2 N–H and O–H groups in total. The highest BCUT2D eigenvalue weighted by Crippen LogP contribution is 2.25. The zero-order chi connectivity index (χ0) is 13.8. The van der Waals surface area contributed by atoms with E-state index in [4.69, 9.17) is 4.42 Å². The summed E-state index contributed by atoms with van der Waals surface area (Å²) in [6.07, 6.45) is 2.80. The van der Waals surface area contributed by atoms with Crippen molar-refractivity contribution in [2.24, 2.45) is 5.10 Å².